The Morgan fingerprint density at radius 3 is 2.53 bits per heavy atom. The third-order valence-electron chi connectivity index (χ3n) is 4.16. The number of ether oxygens (including phenoxy) is 2. The Labute approximate surface area is 119 Å². The summed E-state index contributed by atoms with van der Waals surface area (Å²) in [7, 11) is 0. The summed E-state index contributed by atoms with van der Waals surface area (Å²) in [6.07, 6.45) is 6.79. The van der Waals surface area contributed by atoms with Gasteiger partial charge in [-0.25, -0.2) is 0 Å². The fourth-order valence-electron chi connectivity index (χ4n) is 2.78. The van der Waals surface area contributed by atoms with Crippen molar-refractivity contribution in [2.24, 2.45) is 5.92 Å². The third kappa shape index (κ3) is 5.41. The molecule has 0 saturated heterocycles. The molecule has 1 aliphatic rings. The van der Waals surface area contributed by atoms with Crippen molar-refractivity contribution in [3.05, 3.63) is 0 Å². The van der Waals surface area contributed by atoms with Crippen molar-refractivity contribution in [3.63, 3.8) is 0 Å². The van der Waals surface area contributed by atoms with Crippen LogP contribution in [-0.2, 0) is 9.47 Å². The van der Waals surface area contributed by atoms with Crippen LogP contribution in [0.1, 0.15) is 59.8 Å². The molecule has 0 bridgehead atoms. The highest BCUT2D eigenvalue weighted by molar-refractivity contribution is 4.97. The quantitative estimate of drug-likeness (QED) is 0.625. The summed E-state index contributed by atoms with van der Waals surface area (Å²) < 4.78 is 11.9. The molecule has 1 aliphatic carbocycles. The lowest BCUT2D eigenvalue weighted by Crippen LogP contribution is -2.60. The van der Waals surface area contributed by atoms with Crippen molar-refractivity contribution in [1.82, 2.24) is 5.32 Å². The first kappa shape index (κ1) is 16.9. The topological polar surface area (TPSA) is 30.5 Å². The van der Waals surface area contributed by atoms with Crippen LogP contribution < -0.4 is 5.32 Å². The molecule has 0 aliphatic heterocycles. The molecule has 1 rings (SSSR count). The normalized spacial score (nSPS) is 28.1. The lowest BCUT2D eigenvalue weighted by Gasteiger charge is -2.44. The van der Waals surface area contributed by atoms with Gasteiger partial charge in [0.15, 0.2) is 0 Å². The van der Waals surface area contributed by atoms with E-state index < -0.39 is 0 Å². The Morgan fingerprint density at radius 1 is 1.16 bits per heavy atom. The number of nitrogens with one attached hydrogen (secondary N) is 1. The van der Waals surface area contributed by atoms with Gasteiger partial charge in [0.2, 0.25) is 0 Å². The molecule has 0 aromatic heterocycles. The van der Waals surface area contributed by atoms with Crippen LogP contribution in [-0.4, -0.2) is 38.0 Å². The Kier molecular flexibility index (Phi) is 8.67. The van der Waals surface area contributed by atoms with Crippen LogP contribution in [0.2, 0.25) is 0 Å². The van der Waals surface area contributed by atoms with Crippen LogP contribution in [0.3, 0.4) is 0 Å². The average molecular weight is 271 g/mol. The number of unbranched alkanes of at least 4 members (excludes halogenated alkanes) is 1. The van der Waals surface area contributed by atoms with E-state index in [-0.39, 0.29) is 6.10 Å². The molecular formula is C16H33NO2. The Bertz CT molecular complexity index is 223. The molecule has 1 N–H and O–H groups in total. The molecule has 1 saturated carbocycles. The minimum atomic E-state index is 0.258. The summed E-state index contributed by atoms with van der Waals surface area (Å²) in [6.45, 7) is 11.4. The molecule has 3 heteroatoms. The molecule has 4 unspecified atom stereocenters. The van der Waals surface area contributed by atoms with Gasteiger partial charge < -0.3 is 14.8 Å². The summed E-state index contributed by atoms with van der Waals surface area (Å²) >= 11 is 0. The second-order valence-electron chi connectivity index (χ2n) is 5.61. The van der Waals surface area contributed by atoms with Crippen LogP contribution >= 0.6 is 0 Å². The van der Waals surface area contributed by atoms with Crippen LogP contribution in [0.15, 0.2) is 0 Å². The Balaban J connectivity index is 2.27. The lowest BCUT2D eigenvalue weighted by atomic mass is 9.85. The van der Waals surface area contributed by atoms with Gasteiger partial charge >= 0.3 is 0 Å². The van der Waals surface area contributed by atoms with E-state index in [2.05, 4.69) is 33.0 Å². The van der Waals surface area contributed by atoms with E-state index in [9.17, 15) is 0 Å². The van der Waals surface area contributed by atoms with E-state index in [1.54, 1.807) is 0 Å². The highest BCUT2D eigenvalue weighted by Crippen LogP contribution is 2.28. The third-order valence-corrected chi connectivity index (χ3v) is 4.16. The maximum absolute atomic E-state index is 6.10. The van der Waals surface area contributed by atoms with Gasteiger partial charge in [-0.05, 0) is 32.2 Å². The highest BCUT2D eigenvalue weighted by atomic mass is 16.5. The first-order valence-corrected chi connectivity index (χ1v) is 8.23. The zero-order valence-electron chi connectivity index (χ0n) is 13.3. The molecule has 0 spiro atoms. The maximum atomic E-state index is 6.10. The molecule has 0 radical (unpaired) electrons. The fourth-order valence-corrected chi connectivity index (χ4v) is 2.78. The van der Waals surface area contributed by atoms with Crippen molar-refractivity contribution in [2.75, 3.05) is 19.8 Å². The van der Waals surface area contributed by atoms with Crippen molar-refractivity contribution in [3.8, 4) is 0 Å². The Hall–Kier alpha value is -0.120. The second-order valence-corrected chi connectivity index (χ2v) is 5.61. The lowest BCUT2D eigenvalue weighted by molar-refractivity contribution is -0.150. The summed E-state index contributed by atoms with van der Waals surface area (Å²) in [5, 5.41) is 3.48. The van der Waals surface area contributed by atoms with Gasteiger partial charge in [0.25, 0.3) is 0 Å². The molecule has 0 aromatic carbocycles. The summed E-state index contributed by atoms with van der Waals surface area (Å²) in [4.78, 5) is 0. The minimum absolute atomic E-state index is 0.258. The molecule has 1 fully saturated rings. The predicted molar refractivity (Wildman–Crippen MR) is 80.5 cm³/mol. The van der Waals surface area contributed by atoms with E-state index in [1.165, 1.54) is 25.7 Å². The largest absolute Gasteiger partial charge is 0.375 e. The Morgan fingerprint density at radius 2 is 1.95 bits per heavy atom. The van der Waals surface area contributed by atoms with E-state index in [0.717, 1.165) is 32.1 Å². The smallest absolute Gasteiger partial charge is 0.0990 e. The number of hydrogen-bond donors (Lipinski definition) is 1. The summed E-state index contributed by atoms with van der Waals surface area (Å²) in [5.74, 6) is 0.723. The van der Waals surface area contributed by atoms with Gasteiger partial charge in [0, 0.05) is 19.3 Å². The van der Waals surface area contributed by atoms with Gasteiger partial charge in [0.1, 0.15) is 0 Å². The van der Waals surface area contributed by atoms with Crippen LogP contribution in [0.4, 0.5) is 0 Å². The average Bonchev–Trinajstić information content (AvgIpc) is 2.42. The molecule has 0 aromatic rings. The van der Waals surface area contributed by atoms with E-state index >= 15 is 0 Å². The maximum Gasteiger partial charge on any atom is 0.0990 e. The first-order chi connectivity index (χ1) is 9.26. The van der Waals surface area contributed by atoms with Crippen molar-refractivity contribution in [2.45, 2.75) is 78.0 Å². The molecular weight excluding hydrogens is 238 g/mol. The van der Waals surface area contributed by atoms with Gasteiger partial charge in [-0.2, -0.15) is 0 Å². The zero-order valence-corrected chi connectivity index (χ0v) is 13.3. The zero-order chi connectivity index (χ0) is 14.1. The van der Waals surface area contributed by atoms with Crippen molar-refractivity contribution < 1.29 is 9.47 Å². The minimum Gasteiger partial charge on any atom is -0.375 e. The fraction of sp³-hybridized carbons (Fsp3) is 1.00. The van der Waals surface area contributed by atoms with Crippen LogP contribution in [0.5, 0.6) is 0 Å². The number of likely N-dealkylation sites (N-methyl/N-ethyl adjacent to an activating group) is 1. The predicted octanol–water partition coefficient (Wildman–Crippen LogP) is 3.37. The number of rotatable bonds is 11. The monoisotopic (exact) mass is 271 g/mol. The highest BCUT2D eigenvalue weighted by Gasteiger charge is 2.42. The van der Waals surface area contributed by atoms with E-state index in [0.29, 0.717) is 12.1 Å². The van der Waals surface area contributed by atoms with Gasteiger partial charge in [-0.3, -0.25) is 0 Å². The summed E-state index contributed by atoms with van der Waals surface area (Å²) in [6, 6.07) is 0.491. The van der Waals surface area contributed by atoms with Crippen LogP contribution in [0, 0.1) is 5.92 Å². The van der Waals surface area contributed by atoms with Crippen molar-refractivity contribution in [1.29, 1.82) is 0 Å². The molecule has 3 nitrogen and oxygen atoms in total. The molecule has 4 atom stereocenters. The van der Waals surface area contributed by atoms with E-state index in [1.807, 2.05) is 0 Å². The first-order valence-electron chi connectivity index (χ1n) is 8.23. The van der Waals surface area contributed by atoms with Gasteiger partial charge in [-0.15, -0.1) is 0 Å². The van der Waals surface area contributed by atoms with Crippen LogP contribution in [0.25, 0.3) is 0 Å². The van der Waals surface area contributed by atoms with E-state index in [4.69, 9.17) is 9.47 Å². The molecule has 0 heterocycles. The summed E-state index contributed by atoms with van der Waals surface area (Å²) in [5.41, 5.74) is 0. The van der Waals surface area contributed by atoms with Gasteiger partial charge in [0.05, 0.1) is 12.2 Å². The van der Waals surface area contributed by atoms with Crippen molar-refractivity contribution >= 4 is 0 Å². The SMILES string of the molecule is CCCCC(CC)COC1CC(NCC)C1OCC. The molecule has 0 amide bonds. The molecule has 114 valence electrons. The van der Waals surface area contributed by atoms with Gasteiger partial charge in [-0.1, -0.05) is 40.0 Å². The standard InChI is InChI=1S/C16H33NO2/c1-5-9-10-13(6-2)12-19-15-11-14(17-7-3)16(15)18-8-4/h13-17H,5-12H2,1-4H3. The second kappa shape index (κ2) is 9.73. The molecule has 19 heavy (non-hydrogen) atoms. The number of hydrogen-bond acceptors (Lipinski definition) is 3.